The van der Waals surface area contributed by atoms with Crippen LogP contribution in [0.4, 0.5) is 10.1 Å². The lowest BCUT2D eigenvalue weighted by atomic mass is 10.2. The lowest BCUT2D eigenvalue weighted by molar-refractivity contribution is 0.372. The highest BCUT2D eigenvalue weighted by Gasteiger charge is 2.24. The number of hydrogen-bond acceptors (Lipinski definition) is 2. The van der Waals surface area contributed by atoms with E-state index in [4.69, 9.17) is 0 Å². The maximum absolute atomic E-state index is 13.0. The Balaban J connectivity index is 1.52. The second-order valence-corrected chi connectivity index (χ2v) is 5.82. The molecule has 5 heteroatoms. The highest BCUT2D eigenvalue weighted by atomic mass is 19.1. The molecule has 1 aromatic carbocycles. The van der Waals surface area contributed by atoms with Crippen LogP contribution in [0.1, 0.15) is 12.8 Å². The van der Waals surface area contributed by atoms with E-state index in [0.29, 0.717) is 0 Å². The Kier molecular flexibility index (Phi) is 4.27. The van der Waals surface area contributed by atoms with E-state index in [0.717, 1.165) is 50.3 Å². The van der Waals surface area contributed by atoms with E-state index in [1.54, 1.807) is 0 Å². The molecule has 1 aromatic rings. The normalized spacial score (nSPS) is 19.8. The van der Waals surface area contributed by atoms with Crippen molar-refractivity contribution in [1.82, 2.24) is 10.2 Å². The first kappa shape index (κ1) is 14.2. The largest absolute Gasteiger partial charge is 0.368 e. The predicted octanol–water partition coefficient (Wildman–Crippen LogP) is 1.93. The van der Waals surface area contributed by atoms with Crippen molar-refractivity contribution in [2.75, 3.05) is 44.7 Å². The number of nitrogens with one attached hydrogen (secondary N) is 1. The Bertz CT molecular complexity index is 488. The van der Waals surface area contributed by atoms with E-state index in [2.05, 4.69) is 20.1 Å². The summed E-state index contributed by atoms with van der Waals surface area (Å²) in [6, 6.07) is 6.76. The van der Waals surface area contributed by atoms with E-state index in [-0.39, 0.29) is 5.82 Å². The van der Waals surface area contributed by atoms with Gasteiger partial charge in [-0.25, -0.2) is 4.39 Å². The van der Waals surface area contributed by atoms with E-state index in [1.165, 1.54) is 25.0 Å². The van der Waals surface area contributed by atoms with Crippen LogP contribution < -0.4 is 10.2 Å². The molecule has 0 amide bonds. The first-order valence-electron chi connectivity index (χ1n) is 7.72. The third-order valence-corrected chi connectivity index (χ3v) is 4.23. The summed E-state index contributed by atoms with van der Waals surface area (Å²) >= 11 is 0. The van der Waals surface area contributed by atoms with Gasteiger partial charge in [0.15, 0.2) is 5.96 Å². The summed E-state index contributed by atoms with van der Waals surface area (Å²) in [5, 5.41) is 3.47. The Morgan fingerprint density at radius 1 is 1.19 bits per heavy atom. The van der Waals surface area contributed by atoms with Gasteiger partial charge in [0.1, 0.15) is 5.82 Å². The van der Waals surface area contributed by atoms with Crippen LogP contribution in [0, 0.1) is 11.7 Å². The summed E-state index contributed by atoms with van der Waals surface area (Å²) in [4.78, 5) is 8.99. The fraction of sp³-hybridized carbons (Fsp3) is 0.562. The number of guanidine groups is 1. The van der Waals surface area contributed by atoms with Gasteiger partial charge in [-0.1, -0.05) is 0 Å². The van der Waals surface area contributed by atoms with Crippen LogP contribution in [0.3, 0.4) is 0 Å². The van der Waals surface area contributed by atoms with Gasteiger partial charge in [-0.05, 0) is 43.0 Å². The third kappa shape index (κ3) is 3.65. The maximum atomic E-state index is 13.0. The molecule has 2 aliphatic rings. The molecular formula is C16H23FN4. The fourth-order valence-electron chi connectivity index (χ4n) is 2.72. The molecule has 1 N–H and O–H groups in total. The minimum absolute atomic E-state index is 0.179. The molecule has 3 rings (SSSR count). The Labute approximate surface area is 125 Å². The van der Waals surface area contributed by atoms with Crippen molar-refractivity contribution in [2.24, 2.45) is 10.9 Å². The summed E-state index contributed by atoms with van der Waals surface area (Å²) in [5.74, 6) is 1.69. The lowest BCUT2D eigenvalue weighted by Gasteiger charge is -2.37. The van der Waals surface area contributed by atoms with Gasteiger partial charge in [-0.2, -0.15) is 0 Å². The SMILES string of the molecule is CN=C(NCC1CC1)N1CCN(c2ccc(F)cc2)CC1. The Hall–Kier alpha value is -1.78. The third-order valence-electron chi connectivity index (χ3n) is 4.23. The average Bonchev–Trinajstić information content (AvgIpc) is 3.34. The molecule has 0 aromatic heterocycles. The van der Waals surface area contributed by atoms with Crippen molar-refractivity contribution in [3.63, 3.8) is 0 Å². The van der Waals surface area contributed by atoms with Crippen LogP contribution in [0.5, 0.6) is 0 Å². The number of hydrogen-bond donors (Lipinski definition) is 1. The second-order valence-electron chi connectivity index (χ2n) is 5.82. The zero-order valence-corrected chi connectivity index (χ0v) is 12.6. The first-order chi connectivity index (χ1) is 10.3. The van der Waals surface area contributed by atoms with Crippen molar-refractivity contribution in [2.45, 2.75) is 12.8 Å². The molecule has 0 radical (unpaired) electrons. The molecule has 0 unspecified atom stereocenters. The molecule has 1 aliphatic heterocycles. The summed E-state index contributed by atoms with van der Waals surface area (Å²) < 4.78 is 13.0. The van der Waals surface area contributed by atoms with Gasteiger partial charge < -0.3 is 15.1 Å². The summed E-state index contributed by atoms with van der Waals surface area (Å²) in [7, 11) is 1.85. The van der Waals surface area contributed by atoms with Gasteiger partial charge >= 0.3 is 0 Å². The molecular weight excluding hydrogens is 267 g/mol. The number of halogens is 1. The van der Waals surface area contributed by atoms with Crippen LogP contribution in [-0.4, -0.2) is 50.6 Å². The van der Waals surface area contributed by atoms with E-state index < -0.39 is 0 Å². The lowest BCUT2D eigenvalue weighted by Crippen LogP contribution is -2.52. The number of aliphatic imine (C=N–C) groups is 1. The van der Waals surface area contributed by atoms with Gasteiger partial charge in [-0.15, -0.1) is 0 Å². The number of benzene rings is 1. The minimum atomic E-state index is -0.179. The molecule has 21 heavy (non-hydrogen) atoms. The zero-order chi connectivity index (χ0) is 14.7. The maximum Gasteiger partial charge on any atom is 0.193 e. The molecule has 4 nitrogen and oxygen atoms in total. The quantitative estimate of drug-likeness (QED) is 0.682. The summed E-state index contributed by atoms with van der Waals surface area (Å²) in [5.41, 5.74) is 1.09. The molecule has 1 aliphatic carbocycles. The first-order valence-corrected chi connectivity index (χ1v) is 7.72. The topological polar surface area (TPSA) is 30.9 Å². The van der Waals surface area contributed by atoms with E-state index in [1.807, 2.05) is 19.2 Å². The van der Waals surface area contributed by atoms with Gasteiger partial charge in [0, 0.05) is 45.5 Å². The Morgan fingerprint density at radius 3 is 2.43 bits per heavy atom. The highest BCUT2D eigenvalue weighted by Crippen LogP contribution is 2.27. The van der Waals surface area contributed by atoms with E-state index in [9.17, 15) is 4.39 Å². The molecule has 2 fully saturated rings. The van der Waals surface area contributed by atoms with Gasteiger partial charge in [-0.3, -0.25) is 4.99 Å². The molecule has 1 saturated carbocycles. The number of piperazine rings is 1. The Morgan fingerprint density at radius 2 is 1.86 bits per heavy atom. The van der Waals surface area contributed by atoms with Crippen LogP contribution in [0.2, 0.25) is 0 Å². The van der Waals surface area contributed by atoms with Crippen molar-refractivity contribution >= 4 is 11.6 Å². The molecule has 114 valence electrons. The number of rotatable bonds is 3. The smallest absolute Gasteiger partial charge is 0.193 e. The van der Waals surface area contributed by atoms with Crippen molar-refractivity contribution in [3.05, 3.63) is 30.1 Å². The second kappa shape index (κ2) is 6.33. The van der Waals surface area contributed by atoms with Crippen molar-refractivity contribution < 1.29 is 4.39 Å². The minimum Gasteiger partial charge on any atom is -0.368 e. The zero-order valence-electron chi connectivity index (χ0n) is 12.6. The molecule has 0 atom stereocenters. The van der Waals surface area contributed by atoms with Gasteiger partial charge in [0.2, 0.25) is 0 Å². The number of anilines is 1. The monoisotopic (exact) mass is 290 g/mol. The average molecular weight is 290 g/mol. The van der Waals surface area contributed by atoms with Crippen molar-refractivity contribution in [1.29, 1.82) is 0 Å². The van der Waals surface area contributed by atoms with E-state index >= 15 is 0 Å². The van der Waals surface area contributed by atoms with Gasteiger partial charge in [0.05, 0.1) is 0 Å². The van der Waals surface area contributed by atoms with Crippen LogP contribution in [-0.2, 0) is 0 Å². The standard InChI is InChI=1S/C16H23FN4/c1-18-16(19-12-13-2-3-13)21-10-8-20(9-11-21)15-6-4-14(17)5-7-15/h4-7,13H,2-3,8-12H2,1H3,(H,18,19). The van der Waals surface area contributed by atoms with Crippen LogP contribution in [0.15, 0.2) is 29.3 Å². The van der Waals surface area contributed by atoms with Gasteiger partial charge in [0.25, 0.3) is 0 Å². The fourth-order valence-corrected chi connectivity index (χ4v) is 2.72. The van der Waals surface area contributed by atoms with Crippen molar-refractivity contribution in [3.8, 4) is 0 Å². The molecule has 1 heterocycles. The van der Waals surface area contributed by atoms with Crippen LogP contribution >= 0.6 is 0 Å². The number of nitrogens with zero attached hydrogens (tertiary/aromatic N) is 3. The molecule has 0 spiro atoms. The highest BCUT2D eigenvalue weighted by molar-refractivity contribution is 5.80. The molecule has 1 saturated heterocycles. The summed E-state index contributed by atoms with van der Waals surface area (Å²) in [6.07, 6.45) is 2.70. The molecule has 0 bridgehead atoms. The van der Waals surface area contributed by atoms with Crippen LogP contribution in [0.25, 0.3) is 0 Å². The predicted molar refractivity (Wildman–Crippen MR) is 84.3 cm³/mol. The summed E-state index contributed by atoms with van der Waals surface area (Å²) in [6.45, 7) is 4.82.